The summed E-state index contributed by atoms with van der Waals surface area (Å²) in [7, 11) is 0. The molecule has 0 amide bonds. The van der Waals surface area contributed by atoms with Crippen LogP contribution in [0.25, 0.3) is 0 Å². The molecule has 0 fully saturated rings. The molecule has 148 valence electrons. The summed E-state index contributed by atoms with van der Waals surface area (Å²) >= 11 is -3.62. The molecule has 2 nitrogen and oxygen atoms in total. The van der Waals surface area contributed by atoms with Gasteiger partial charge in [0.2, 0.25) is 0 Å². The molecule has 2 rings (SSSR count). The molecule has 0 saturated carbocycles. The van der Waals surface area contributed by atoms with Gasteiger partial charge < -0.3 is 0 Å². The Morgan fingerprint density at radius 3 is 1.33 bits per heavy atom. The average molecular weight is 475 g/mol. The first-order valence-corrected chi connectivity index (χ1v) is 15.9. The van der Waals surface area contributed by atoms with Gasteiger partial charge >= 0.3 is 172 Å². The van der Waals surface area contributed by atoms with Crippen LogP contribution >= 0.6 is 0 Å². The van der Waals surface area contributed by atoms with E-state index in [4.69, 9.17) is 6.15 Å². The van der Waals surface area contributed by atoms with E-state index in [1.807, 2.05) is 0 Å². The van der Waals surface area contributed by atoms with Crippen LogP contribution in [0, 0.1) is 0 Å². The van der Waals surface area contributed by atoms with Gasteiger partial charge in [-0.15, -0.1) is 0 Å². The van der Waals surface area contributed by atoms with Crippen molar-refractivity contribution < 1.29 is 6.15 Å². The van der Waals surface area contributed by atoms with Crippen molar-refractivity contribution in [2.24, 2.45) is 0 Å². The van der Waals surface area contributed by atoms with Gasteiger partial charge in [0, 0.05) is 0 Å². The number of unbranched alkanes of at least 4 members (excludes halogenated alkanes) is 6. The fourth-order valence-corrected chi connectivity index (χ4v) is 12.5. The minimum atomic E-state index is -3.62. The summed E-state index contributed by atoms with van der Waals surface area (Å²) < 4.78 is 16.0. The summed E-state index contributed by atoms with van der Waals surface area (Å²) in [5.41, 5.74) is 0. The van der Waals surface area contributed by atoms with Gasteiger partial charge in [0.05, 0.1) is 0 Å². The molecular weight excluding hydrogens is 439 g/mol. The Balaban J connectivity index is 2.21. The van der Waals surface area contributed by atoms with Crippen LogP contribution in [0.15, 0.2) is 60.7 Å². The van der Waals surface area contributed by atoms with E-state index in [1.165, 1.54) is 45.7 Å². The van der Waals surface area contributed by atoms with Crippen molar-refractivity contribution in [3.8, 4) is 0 Å². The van der Waals surface area contributed by atoms with E-state index in [0.717, 1.165) is 26.1 Å². The number of benzene rings is 2. The first-order chi connectivity index (χ1) is 13.3. The fraction of sp³-hybridized carbons (Fsp3) is 0.500. The summed E-state index contributed by atoms with van der Waals surface area (Å²) in [6.07, 6.45) is 9.76. The van der Waals surface area contributed by atoms with E-state index < -0.39 is 19.2 Å². The van der Waals surface area contributed by atoms with Crippen LogP contribution in [0.5, 0.6) is 0 Å². The molecule has 0 aliphatic carbocycles. The summed E-state index contributed by atoms with van der Waals surface area (Å²) in [6.45, 7) is 6.10. The second-order valence-corrected chi connectivity index (χ2v) is 15.6. The van der Waals surface area contributed by atoms with Crippen LogP contribution < -0.4 is 7.16 Å². The third-order valence-corrected chi connectivity index (χ3v) is 14.6. The maximum absolute atomic E-state index is 6.74. The number of rotatable bonds is 14. The minimum absolute atomic E-state index is 0.800. The molecule has 2 aromatic carbocycles. The first kappa shape index (κ1) is 22.4. The zero-order chi connectivity index (χ0) is 19.2. The summed E-state index contributed by atoms with van der Waals surface area (Å²) in [5, 5.41) is 0. The van der Waals surface area contributed by atoms with E-state index in [-0.39, 0.29) is 0 Å². The molecule has 0 heterocycles. The second-order valence-electron chi connectivity index (χ2n) is 7.17. The molecule has 2 aromatic rings. The third-order valence-electron chi connectivity index (χ3n) is 4.91. The zero-order valence-corrected chi connectivity index (χ0v) is 20.0. The third kappa shape index (κ3) is 7.24. The Labute approximate surface area is 171 Å². The van der Waals surface area contributed by atoms with E-state index in [9.17, 15) is 0 Å². The Hall–Kier alpha value is -0.841. The average Bonchev–Trinajstić information content (AvgIpc) is 2.73. The Morgan fingerprint density at radius 1 is 0.556 bits per heavy atom. The van der Waals surface area contributed by atoms with Crippen LogP contribution in [0.1, 0.15) is 65.2 Å². The first-order valence-electron chi connectivity index (χ1n) is 10.7. The van der Waals surface area contributed by atoms with E-state index in [0.29, 0.717) is 0 Å². The van der Waals surface area contributed by atoms with Gasteiger partial charge in [-0.25, -0.2) is 0 Å². The van der Waals surface area contributed by atoms with Crippen molar-refractivity contribution in [2.45, 2.75) is 65.2 Å². The fourth-order valence-electron chi connectivity index (χ4n) is 3.35. The summed E-state index contributed by atoms with van der Waals surface area (Å²) in [5.74, 6) is 0. The molecule has 0 aliphatic rings. The molecule has 0 saturated heterocycles. The van der Waals surface area contributed by atoms with Crippen LogP contribution in [0.2, 0.25) is 0 Å². The maximum atomic E-state index is 6.74. The summed E-state index contributed by atoms with van der Waals surface area (Å²) in [4.78, 5) is 0. The van der Waals surface area contributed by atoms with E-state index >= 15 is 0 Å². The molecule has 0 atom stereocenters. The van der Waals surface area contributed by atoms with Crippen LogP contribution in [-0.4, -0.2) is 32.4 Å². The van der Waals surface area contributed by atoms with Gasteiger partial charge in [-0.2, -0.15) is 0 Å². The van der Waals surface area contributed by atoms with Crippen molar-refractivity contribution >= 4 is 26.4 Å². The second kappa shape index (κ2) is 13.4. The Morgan fingerprint density at radius 2 is 0.963 bits per heavy atom. The Kier molecular flexibility index (Phi) is 11.1. The van der Waals surface area contributed by atoms with Gasteiger partial charge in [-0.3, -0.25) is 0 Å². The molecule has 0 aliphatic heterocycles. The standard InChI is InChI=1S/2C6H13O.2C6H5.Sn/c2*1-2-3-4-5-6-7;2*1-2-4-6-5-3-1;/h2*2-6H2,1H3;2*1-5H;/q2*-1;;;+2. The van der Waals surface area contributed by atoms with Gasteiger partial charge in [-0.1, -0.05) is 0 Å². The zero-order valence-electron chi connectivity index (χ0n) is 17.2. The van der Waals surface area contributed by atoms with E-state index in [1.54, 1.807) is 0 Å². The van der Waals surface area contributed by atoms with Crippen LogP contribution in [0.4, 0.5) is 0 Å². The molecule has 0 radical (unpaired) electrons. The Bertz CT molecular complexity index is 545. The van der Waals surface area contributed by atoms with Gasteiger partial charge in [0.1, 0.15) is 0 Å². The quantitative estimate of drug-likeness (QED) is 0.268. The molecule has 0 spiro atoms. The normalized spacial score (nSPS) is 11.6. The van der Waals surface area contributed by atoms with Crippen LogP contribution in [-0.2, 0) is 6.15 Å². The van der Waals surface area contributed by atoms with E-state index in [2.05, 4.69) is 74.5 Å². The molecule has 0 bridgehead atoms. The predicted molar refractivity (Wildman–Crippen MR) is 118 cm³/mol. The van der Waals surface area contributed by atoms with Crippen molar-refractivity contribution in [1.29, 1.82) is 0 Å². The van der Waals surface area contributed by atoms with Gasteiger partial charge in [0.25, 0.3) is 0 Å². The summed E-state index contributed by atoms with van der Waals surface area (Å²) in [6, 6.07) is 21.5. The topological polar surface area (TPSA) is 18.5 Å². The SMILES string of the molecule is CCCCCC[O][Sn]([O]CCCCCC)([c]1ccccc1)[c]1ccccc1. The number of hydrogen-bond donors (Lipinski definition) is 0. The molecule has 0 aromatic heterocycles. The van der Waals surface area contributed by atoms with Crippen molar-refractivity contribution in [3.05, 3.63) is 60.7 Å². The molecule has 27 heavy (non-hydrogen) atoms. The van der Waals surface area contributed by atoms with Crippen molar-refractivity contribution in [1.82, 2.24) is 0 Å². The molecule has 0 unspecified atom stereocenters. The molecule has 0 N–H and O–H groups in total. The van der Waals surface area contributed by atoms with Crippen molar-refractivity contribution in [3.63, 3.8) is 0 Å². The van der Waals surface area contributed by atoms with Crippen molar-refractivity contribution in [2.75, 3.05) is 13.2 Å². The monoisotopic (exact) mass is 476 g/mol. The van der Waals surface area contributed by atoms with Crippen LogP contribution in [0.3, 0.4) is 0 Å². The van der Waals surface area contributed by atoms with Gasteiger partial charge in [-0.05, 0) is 0 Å². The molecule has 3 heteroatoms. The number of hydrogen-bond acceptors (Lipinski definition) is 2. The predicted octanol–water partition coefficient (Wildman–Crippen LogP) is 5.44. The molecular formula is C24H36O2Sn. The van der Waals surface area contributed by atoms with Gasteiger partial charge in [0.15, 0.2) is 0 Å².